The van der Waals surface area contributed by atoms with Gasteiger partial charge >= 0.3 is 35.8 Å². The van der Waals surface area contributed by atoms with Crippen LogP contribution in [0.2, 0.25) is 0 Å². The summed E-state index contributed by atoms with van der Waals surface area (Å²) in [7, 11) is 0. The van der Waals surface area contributed by atoms with Crippen LogP contribution in [0, 0.1) is 0 Å². The summed E-state index contributed by atoms with van der Waals surface area (Å²) in [6, 6.07) is 0. The molecule has 29 heavy (non-hydrogen) atoms. The van der Waals surface area contributed by atoms with Crippen LogP contribution in [0.5, 0.6) is 0 Å². The molecule has 0 aliphatic carbocycles. The number of ketones is 3. The van der Waals surface area contributed by atoms with E-state index in [1.165, 1.54) is 0 Å². The average Bonchev–Trinajstić information content (AvgIpc) is 2.57. The summed E-state index contributed by atoms with van der Waals surface area (Å²) in [5, 5.41) is 47.6. The molecule has 0 amide bonds. The minimum absolute atomic E-state index is 0.425. The summed E-state index contributed by atoms with van der Waals surface area (Å²) in [6.07, 6.45) is -2.68. The highest BCUT2D eigenvalue weighted by Crippen LogP contribution is 1.90. The largest absolute Gasteiger partial charge is 0.481 e. The van der Waals surface area contributed by atoms with Crippen molar-refractivity contribution in [2.45, 2.75) is 32.1 Å². The van der Waals surface area contributed by atoms with Crippen LogP contribution in [0.3, 0.4) is 0 Å². The molecule has 0 rings (SSSR count). The number of carbonyl (C=O) groups is 9. The smallest absolute Gasteiger partial charge is 0.372 e. The standard InChI is InChI=1S/2C5H6O5.C4H4O5/c2*6-3(5(9)10)1-2-4(7)8;5-2(4(8)9)1-3(6)7/h2*1-2H2,(H,7,8)(H,9,10);1H2,(H,6,7)(H,8,9). The van der Waals surface area contributed by atoms with Crippen LogP contribution in [0.25, 0.3) is 0 Å². The van der Waals surface area contributed by atoms with Crippen LogP contribution in [-0.2, 0) is 43.2 Å². The molecule has 0 aromatic heterocycles. The first-order valence-corrected chi connectivity index (χ1v) is 7.05. The Morgan fingerprint density at radius 2 is 0.655 bits per heavy atom. The first-order chi connectivity index (χ1) is 13.1. The Bertz CT molecular complexity index is 647. The molecule has 0 aliphatic heterocycles. The molecule has 0 heterocycles. The van der Waals surface area contributed by atoms with Gasteiger partial charge in [-0.15, -0.1) is 0 Å². The molecule has 0 atom stereocenters. The molecule has 0 fully saturated rings. The van der Waals surface area contributed by atoms with Crippen molar-refractivity contribution in [3.05, 3.63) is 0 Å². The Kier molecular flexibility index (Phi) is 16.4. The third kappa shape index (κ3) is 23.8. The number of carboxylic acids is 6. The van der Waals surface area contributed by atoms with Crippen LogP contribution < -0.4 is 0 Å². The minimum Gasteiger partial charge on any atom is -0.481 e. The van der Waals surface area contributed by atoms with E-state index in [1.807, 2.05) is 0 Å². The maximum Gasteiger partial charge on any atom is 0.372 e. The monoisotopic (exact) mass is 424 g/mol. The highest BCUT2D eigenvalue weighted by Gasteiger charge is 2.15. The van der Waals surface area contributed by atoms with E-state index < -0.39 is 85.3 Å². The summed E-state index contributed by atoms with van der Waals surface area (Å²) in [4.78, 5) is 88.7. The van der Waals surface area contributed by atoms with Gasteiger partial charge in [-0.3, -0.25) is 28.8 Å². The highest BCUT2D eigenvalue weighted by atomic mass is 16.4. The summed E-state index contributed by atoms with van der Waals surface area (Å²) < 4.78 is 0. The lowest BCUT2D eigenvalue weighted by molar-refractivity contribution is -0.152. The molecular formula is C14H16O15. The number of hydrogen-bond acceptors (Lipinski definition) is 9. The fourth-order valence-corrected chi connectivity index (χ4v) is 0.868. The van der Waals surface area contributed by atoms with E-state index >= 15 is 0 Å². The molecule has 0 bridgehead atoms. The van der Waals surface area contributed by atoms with Gasteiger partial charge in [0.05, 0.1) is 12.8 Å². The maximum atomic E-state index is 10.2. The summed E-state index contributed by atoms with van der Waals surface area (Å²) >= 11 is 0. The van der Waals surface area contributed by atoms with E-state index in [0.29, 0.717) is 0 Å². The Balaban J connectivity index is -0.000000350. The molecule has 0 aromatic rings. The van der Waals surface area contributed by atoms with E-state index in [-0.39, 0.29) is 0 Å². The van der Waals surface area contributed by atoms with E-state index in [4.69, 9.17) is 30.6 Å². The second-order valence-corrected chi connectivity index (χ2v) is 4.54. The van der Waals surface area contributed by atoms with Crippen molar-refractivity contribution in [1.29, 1.82) is 0 Å². The fraction of sp³-hybridized carbons (Fsp3) is 0.357. The molecule has 0 saturated carbocycles. The van der Waals surface area contributed by atoms with Crippen molar-refractivity contribution < 1.29 is 73.8 Å². The number of carboxylic acid groups (broad SMARTS) is 6. The van der Waals surface area contributed by atoms with Crippen molar-refractivity contribution in [2.75, 3.05) is 0 Å². The molecule has 15 nitrogen and oxygen atoms in total. The lowest BCUT2D eigenvalue weighted by Crippen LogP contribution is -2.16. The van der Waals surface area contributed by atoms with Gasteiger partial charge in [-0.1, -0.05) is 0 Å². The predicted octanol–water partition coefficient (Wildman–Crippen LogP) is -1.88. The second-order valence-electron chi connectivity index (χ2n) is 4.54. The van der Waals surface area contributed by atoms with Crippen molar-refractivity contribution in [3.8, 4) is 0 Å². The third-order valence-corrected chi connectivity index (χ3v) is 2.16. The number of hydrogen-bond donors (Lipinski definition) is 6. The van der Waals surface area contributed by atoms with Gasteiger partial charge in [0.1, 0.15) is 6.42 Å². The Morgan fingerprint density at radius 3 is 0.793 bits per heavy atom. The normalized spacial score (nSPS) is 8.69. The summed E-state index contributed by atoms with van der Waals surface area (Å²) in [5.41, 5.74) is 0. The Morgan fingerprint density at radius 1 is 0.379 bits per heavy atom. The fourth-order valence-electron chi connectivity index (χ4n) is 0.868. The van der Waals surface area contributed by atoms with Crippen LogP contribution in [0.1, 0.15) is 32.1 Å². The van der Waals surface area contributed by atoms with Crippen LogP contribution >= 0.6 is 0 Å². The second kappa shape index (κ2) is 16.0. The van der Waals surface area contributed by atoms with Gasteiger partial charge in [-0.2, -0.15) is 0 Å². The van der Waals surface area contributed by atoms with E-state index in [2.05, 4.69) is 0 Å². The SMILES string of the molecule is O=C(O)CC(=O)C(=O)O.O=C(O)CCC(=O)C(=O)O.O=C(O)CCC(=O)C(=O)O. The molecule has 162 valence electrons. The van der Waals surface area contributed by atoms with Crippen molar-refractivity contribution in [3.63, 3.8) is 0 Å². The molecular weight excluding hydrogens is 408 g/mol. The van der Waals surface area contributed by atoms with Gasteiger partial charge < -0.3 is 30.6 Å². The van der Waals surface area contributed by atoms with Gasteiger partial charge in [0.25, 0.3) is 5.78 Å². The van der Waals surface area contributed by atoms with Gasteiger partial charge in [-0.25, -0.2) is 14.4 Å². The topological polar surface area (TPSA) is 275 Å². The molecule has 0 aromatic carbocycles. The lowest BCUT2D eigenvalue weighted by Gasteiger charge is -1.88. The predicted molar refractivity (Wildman–Crippen MR) is 83.9 cm³/mol. The minimum atomic E-state index is -1.71. The van der Waals surface area contributed by atoms with Crippen molar-refractivity contribution in [1.82, 2.24) is 0 Å². The highest BCUT2D eigenvalue weighted by molar-refractivity contribution is 6.35. The van der Waals surface area contributed by atoms with Crippen LogP contribution in [0.15, 0.2) is 0 Å². The van der Waals surface area contributed by atoms with Crippen LogP contribution in [0.4, 0.5) is 0 Å². The van der Waals surface area contributed by atoms with E-state index in [1.54, 1.807) is 0 Å². The molecule has 6 N–H and O–H groups in total. The van der Waals surface area contributed by atoms with Crippen LogP contribution in [-0.4, -0.2) is 83.8 Å². The first-order valence-electron chi connectivity index (χ1n) is 7.05. The Labute approximate surface area is 160 Å². The number of carbonyl (C=O) groups excluding carboxylic acids is 3. The molecule has 0 unspecified atom stereocenters. The zero-order chi connectivity index (χ0) is 23.7. The van der Waals surface area contributed by atoms with Gasteiger partial charge in [0, 0.05) is 12.8 Å². The summed E-state index contributed by atoms with van der Waals surface area (Å²) in [6.45, 7) is 0. The van der Waals surface area contributed by atoms with Gasteiger partial charge in [-0.05, 0) is 0 Å². The first kappa shape index (κ1) is 29.6. The zero-order valence-corrected chi connectivity index (χ0v) is 14.4. The summed E-state index contributed by atoms with van der Waals surface area (Å²) in [5.74, 6) is -12.1. The third-order valence-electron chi connectivity index (χ3n) is 2.16. The van der Waals surface area contributed by atoms with Crippen molar-refractivity contribution >= 4 is 53.2 Å². The number of Topliss-reactive ketones (excluding diaryl/α,β-unsaturated/α-hetero) is 3. The van der Waals surface area contributed by atoms with Gasteiger partial charge in [0.15, 0.2) is 0 Å². The molecule has 0 spiro atoms. The lowest BCUT2D eigenvalue weighted by atomic mass is 10.2. The van der Waals surface area contributed by atoms with Gasteiger partial charge in [0.2, 0.25) is 11.6 Å². The quantitative estimate of drug-likeness (QED) is 0.156. The average molecular weight is 424 g/mol. The molecule has 15 heteroatoms. The maximum absolute atomic E-state index is 10.2. The molecule has 0 saturated heterocycles. The van der Waals surface area contributed by atoms with Crippen molar-refractivity contribution in [2.24, 2.45) is 0 Å². The zero-order valence-electron chi connectivity index (χ0n) is 14.4. The molecule has 0 aliphatic rings. The number of rotatable bonds is 11. The Hall–Kier alpha value is -4.17. The van der Waals surface area contributed by atoms with E-state index in [9.17, 15) is 43.2 Å². The van der Waals surface area contributed by atoms with E-state index in [0.717, 1.165) is 0 Å². The number of aliphatic carboxylic acids is 6. The molecule has 0 radical (unpaired) electrons.